The zero-order valence-corrected chi connectivity index (χ0v) is 14.1. The van der Waals surface area contributed by atoms with E-state index in [1.165, 1.54) is 6.07 Å². The van der Waals surface area contributed by atoms with Gasteiger partial charge in [0.15, 0.2) is 0 Å². The Bertz CT molecular complexity index is 597. The minimum absolute atomic E-state index is 0.0122. The molecule has 0 saturated carbocycles. The van der Waals surface area contributed by atoms with Crippen LogP contribution >= 0.6 is 15.9 Å². The van der Waals surface area contributed by atoms with Gasteiger partial charge in [0, 0.05) is 23.0 Å². The fourth-order valence-electron chi connectivity index (χ4n) is 2.35. The highest BCUT2D eigenvalue weighted by Gasteiger charge is 2.19. The van der Waals surface area contributed by atoms with E-state index in [2.05, 4.69) is 45.2 Å². The number of nitrogens with one attached hydrogen (secondary N) is 1. The smallest absolute Gasteiger partial charge is 0.138 e. The molecule has 1 aromatic heterocycles. The molecule has 2 rings (SSSR count). The van der Waals surface area contributed by atoms with Gasteiger partial charge in [-0.05, 0) is 44.2 Å². The first kappa shape index (κ1) is 16.1. The Balaban J connectivity index is 2.31. The second-order valence-electron chi connectivity index (χ2n) is 5.19. The van der Waals surface area contributed by atoms with Gasteiger partial charge in [0.25, 0.3) is 0 Å². The molecule has 1 atom stereocenters. The number of hydrogen-bond acceptors (Lipinski definition) is 3. The fourth-order valence-corrected chi connectivity index (χ4v) is 2.88. The molecule has 21 heavy (non-hydrogen) atoms. The summed E-state index contributed by atoms with van der Waals surface area (Å²) in [7, 11) is 0. The van der Waals surface area contributed by atoms with Crippen LogP contribution in [0.2, 0.25) is 0 Å². The minimum Gasteiger partial charge on any atom is -0.310 e. The second-order valence-corrected chi connectivity index (χ2v) is 6.05. The molecule has 1 aromatic carbocycles. The Labute approximate surface area is 132 Å². The molecular weight excluding hydrogens is 335 g/mol. The Kier molecular flexibility index (Phi) is 5.47. The minimum atomic E-state index is -0.235. The van der Waals surface area contributed by atoms with Gasteiger partial charge in [-0.15, -0.1) is 0 Å². The Morgan fingerprint density at radius 1 is 1.38 bits per heavy atom. The van der Waals surface area contributed by atoms with E-state index < -0.39 is 0 Å². The first-order valence-corrected chi connectivity index (χ1v) is 7.89. The van der Waals surface area contributed by atoms with E-state index in [-0.39, 0.29) is 17.9 Å². The largest absolute Gasteiger partial charge is 0.310 e. The molecule has 114 valence electrons. The number of halogens is 2. The van der Waals surface area contributed by atoms with Crippen molar-refractivity contribution in [1.29, 1.82) is 0 Å². The van der Waals surface area contributed by atoms with Crippen LogP contribution in [0.15, 0.2) is 29.0 Å². The summed E-state index contributed by atoms with van der Waals surface area (Å²) in [5.41, 5.74) is 0.898. The molecule has 1 unspecified atom stereocenters. The normalized spacial score (nSPS) is 12.9. The van der Waals surface area contributed by atoms with E-state index in [0.29, 0.717) is 6.42 Å². The third-order valence-corrected chi connectivity index (χ3v) is 4.03. The lowest BCUT2D eigenvalue weighted by Crippen LogP contribution is -2.25. The number of rotatable bonds is 6. The standard InChI is InChI=1S/C15H20BrFN4/c1-4-18-14(12-7-11(17)5-6-13(12)16)8-15-19-9-20-21(15)10(2)3/h5-7,9-10,14,18H,4,8H2,1-3H3. The van der Waals surface area contributed by atoms with Crippen LogP contribution in [0.5, 0.6) is 0 Å². The summed E-state index contributed by atoms with van der Waals surface area (Å²) in [6, 6.07) is 4.99. The predicted octanol–water partition coefficient (Wildman–Crippen LogP) is 3.65. The molecule has 0 aliphatic heterocycles. The predicted molar refractivity (Wildman–Crippen MR) is 84.6 cm³/mol. The van der Waals surface area contributed by atoms with E-state index >= 15 is 0 Å². The van der Waals surface area contributed by atoms with Crippen molar-refractivity contribution in [3.8, 4) is 0 Å². The highest BCUT2D eigenvalue weighted by atomic mass is 79.9. The first-order chi connectivity index (χ1) is 10.0. The molecule has 0 fully saturated rings. The van der Waals surface area contributed by atoms with Gasteiger partial charge in [-0.2, -0.15) is 5.10 Å². The van der Waals surface area contributed by atoms with Crippen LogP contribution in [0.3, 0.4) is 0 Å². The van der Waals surface area contributed by atoms with Gasteiger partial charge in [0.05, 0.1) is 0 Å². The van der Waals surface area contributed by atoms with Gasteiger partial charge in [0.2, 0.25) is 0 Å². The molecule has 0 aliphatic carbocycles. The lowest BCUT2D eigenvalue weighted by molar-refractivity contribution is 0.466. The number of nitrogens with zero attached hydrogens (tertiary/aromatic N) is 3. The Hall–Kier alpha value is -1.27. The molecule has 6 heteroatoms. The number of benzene rings is 1. The van der Waals surface area contributed by atoms with E-state index in [0.717, 1.165) is 22.4 Å². The fraction of sp³-hybridized carbons (Fsp3) is 0.467. The lowest BCUT2D eigenvalue weighted by Gasteiger charge is -2.20. The van der Waals surface area contributed by atoms with Crippen LogP contribution in [0.25, 0.3) is 0 Å². The first-order valence-electron chi connectivity index (χ1n) is 7.09. The van der Waals surface area contributed by atoms with Crippen molar-refractivity contribution in [2.75, 3.05) is 6.54 Å². The Morgan fingerprint density at radius 3 is 2.81 bits per heavy atom. The van der Waals surface area contributed by atoms with E-state index in [4.69, 9.17) is 0 Å². The monoisotopic (exact) mass is 354 g/mol. The summed E-state index contributed by atoms with van der Waals surface area (Å²) in [6.07, 6.45) is 2.23. The van der Waals surface area contributed by atoms with Crippen LogP contribution in [0.4, 0.5) is 4.39 Å². The molecule has 2 aromatic rings. The maximum absolute atomic E-state index is 13.6. The lowest BCUT2D eigenvalue weighted by atomic mass is 10.0. The molecule has 0 radical (unpaired) electrons. The molecule has 1 N–H and O–H groups in total. The SMILES string of the molecule is CCNC(Cc1ncnn1C(C)C)c1cc(F)ccc1Br. The van der Waals surface area contributed by atoms with Crippen LogP contribution < -0.4 is 5.32 Å². The van der Waals surface area contributed by atoms with Gasteiger partial charge >= 0.3 is 0 Å². The average molecular weight is 355 g/mol. The second kappa shape index (κ2) is 7.13. The molecule has 0 spiro atoms. The number of aromatic nitrogens is 3. The number of likely N-dealkylation sites (N-methyl/N-ethyl adjacent to an activating group) is 1. The molecule has 0 amide bonds. The van der Waals surface area contributed by atoms with Crippen molar-refractivity contribution < 1.29 is 4.39 Å². The third kappa shape index (κ3) is 3.89. The highest BCUT2D eigenvalue weighted by molar-refractivity contribution is 9.10. The molecule has 1 heterocycles. The summed E-state index contributed by atoms with van der Waals surface area (Å²) < 4.78 is 16.3. The third-order valence-electron chi connectivity index (χ3n) is 3.31. The van der Waals surface area contributed by atoms with Gasteiger partial charge in [-0.25, -0.2) is 14.1 Å². The van der Waals surface area contributed by atoms with E-state index in [1.54, 1.807) is 18.5 Å². The molecule has 4 nitrogen and oxygen atoms in total. The summed E-state index contributed by atoms with van der Waals surface area (Å²) >= 11 is 3.50. The summed E-state index contributed by atoms with van der Waals surface area (Å²) in [4.78, 5) is 4.34. The van der Waals surface area contributed by atoms with Crippen molar-refractivity contribution in [1.82, 2.24) is 20.1 Å². The maximum atomic E-state index is 13.6. The van der Waals surface area contributed by atoms with Crippen LogP contribution in [-0.2, 0) is 6.42 Å². The maximum Gasteiger partial charge on any atom is 0.138 e. The van der Waals surface area contributed by atoms with E-state index in [1.807, 2.05) is 11.6 Å². The summed E-state index contributed by atoms with van der Waals surface area (Å²) in [5, 5.41) is 7.65. The summed E-state index contributed by atoms with van der Waals surface area (Å²) in [5.74, 6) is 0.661. The van der Waals surface area contributed by atoms with Crippen molar-refractivity contribution in [3.63, 3.8) is 0 Å². The quantitative estimate of drug-likeness (QED) is 0.860. The van der Waals surface area contributed by atoms with Crippen molar-refractivity contribution in [2.24, 2.45) is 0 Å². The zero-order valence-electron chi connectivity index (χ0n) is 12.5. The van der Waals surface area contributed by atoms with Crippen molar-refractivity contribution >= 4 is 15.9 Å². The number of hydrogen-bond donors (Lipinski definition) is 1. The van der Waals surface area contributed by atoms with Crippen molar-refractivity contribution in [2.45, 2.75) is 39.3 Å². The van der Waals surface area contributed by atoms with Gasteiger partial charge in [-0.1, -0.05) is 22.9 Å². The molecule has 0 aliphatic rings. The van der Waals surface area contributed by atoms with Crippen molar-refractivity contribution in [3.05, 3.63) is 46.2 Å². The summed E-state index contributed by atoms with van der Waals surface area (Å²) in [6.45, 7) is 6.97. The molecule has 0 bridgehead atoms. The van der Waals surface area contributed by atoms with Crippen LogP contribution in [0.1, 0.15) is 44.2 Å². The van der Waals surface area contributed by atoms with Crippen LogP contribution in [0, 0.1) is 5.82 Å². The Morgan fingerprint density at radius 2 is 2.14 bits per heavy atom. The molecular formula is C15H20BrFN4. The van der Waals surface area contributed by atoms with Gasteiger partial charge in [0.1, 0.15) is 18.0 Å². The van der Waals surface area contributed by atoms with Gasteiger partial charge < -0.3 is 5.32 Å². The average Bonchev–Trinajstić information content (AvgIpc) is 2.89. The highest BCUT2D eigenvalue weighted by Crippen LogP contribution is 2.27. The topological polar surface area (TPSA) is 42.7 Å². The van der Waals surface area contributed by atoms with Crippen LogP contribution in [-0.4, -0.2) is 21.3 Å². The molecule has 0 saturated heterocycles. The van der Waals surface area contributed by atoms with Gasteiger partial charge in [-0.3, -0.25) is 0 Å². The van der Waals surface area contributed by atoms with E-state index in [9.17, 15) is 4.39 Å². The zero-order chi connectivity index (χ0) is 15.4.